The van der Waals surface area contributed by atoms with Crippen LogP contribution in [0.15, 0.2) is 42.5 Å². The number of carbonyl (C=O) groups excluding carboxylic acids is 2. The lowest BCUT2D eigenvalue weighted by Crippen LogP contribution is -2.42. The zero-order valence-corrected chi connectivity index (χ0v) is 17.8. The van der Waals surface area contributed by atoms with Crippen LogP contribution in [0, 0.1) is 6.92 Å². The van der Waals surface area contributed by atoms with Crippen molar-refractivity contribution in [2.24, 2.45) is 0 Å². The number of ether oxygens (including phenoxy) is 1. The van der Waals surface area contributed by atoms with Crippen molar-refractivity contribution in [2.45, 2.75) is 64.5 Å². The number of hydrogen-bond donors (Lipinski definition) is 1. The fourth-order valence-corrected chi connectivity index (χ4v) is 4.12. The van der Waals surface area contributed by atoms with E-state index in [0.717, 1.165) is 37.8 Å². The quantitative estimate of drug-likeness (QED) is 0.743. The largest absolute Gasteiger partial charge is 0.490 e. The van der Waals surface area contributed by atoms with Gasteiger partial charge in [-0.2, -0.15) is 0 Å². The van der Waals surface area contributed by atoms with E-state index in [0.29, 0.717) is 22.6 Å². The standard InChI is InChI=1S/C25H30N2O3/c1-17-16-19(25(29)27-15-6-5-8-18(27)2)13-14-22(17)26-24(28)21-11-3-4-12-23(21)30-20-9-7-10-20/h3-4,11-14,16,18,20H,5-10,15H2,1-2H3,(H,26,28). The summed E-state index contributed by atoms with van der Waals surface area (Å²) in [6, 6.07) is 13.1. The monoisotopic (exact) mass is 406 g/mol. The molecule has 1 heterocycles. The molecule has 5 heteroatoms. The summed E-state index contributed by atoms with van der Waals surface area (Å²) in [5, 5.41) is 2.99. The molecule has 2 amide bonds. The van der Waals surface area contributed by atoms with Crippen LogP contribution in [0.2, 0.25) is 0 Å². The van der Waals surface area contributed by atoms with Crippen LogP contribution in [0.25, 0.3) is 0 Å². The number of hydrogen-bond acceptors (Lipinski definition) is 3. The smallest absolute Gasteiger partial charge is 0.259 e. The van der Waals surface area contributed by atoms with Crippen LogP contribution < -0.4 is 10.1 Å². The van der Waals surface area contributed by atoms with Crippen LogP contribution in [-0.2, 0) is 0 Å². The van der Waals surface area contributed by atoms with Crippen molar-refractivity contribution in [2.75, 3.05) is 11.9 Å². The van der Waals surface area contributed by atoms with Crippen LogP contribution >= 0.6 is 0 Å². The highest BCUT2D eigenvalue weighted by Crippen LogP contribution is 2.29. The van der Waals surface area contributed by atoms with Crippen LogP contribution in [0.5, 0.6) is 5.75 Å². The first-order valence-electron chi connectivity index (χ1n) is 11.0. The number of para-hydroxylation sites is 1. The summed E-state index contributed by atoms with van der Waals surface area (Å²) in [6.45, 7) is 4.85. The molecule has 1 N–H and O–H groups in total. The van der Waals surface area contributed by atoms with Crippen LogP contribution in [0.3, 0.4) is 0 Å². The molecule has 1 aliphatic carbocycles. The Morgan fingerprint density at radius 2 is 1.83 bits per heavy atom. The predicted octanol–water partition coefficient (Wildman–Crippen LogP) is 5.19. The van der Waals surface area contributed by atoms with Gasteiger partial charge in [0.25, 0.3) is 11.8 Å². The van der Waals surface area contributed by atoms with Crippen molar-refractivity contribution >= 4 is 17.5 Å². The summed E-state index contributed by atoms with van der Waals surface area (Å²) >= 11 is 0. The second kappa shape index (κ2) is 8.90. The lowest BCUT2D eigenvalue weighted by atomic mass is 9.96. The van der Waals surface area contributed by atoms with E-state index in [-0.39, 0.29) is 24.0 Å². The van der Waals surface area contributed by atoms with Gasteiger partial charge in [0, 0.05) is 23.8 Å². The van der Waals surface area contributed by atoms with E-state index in [1.54, 1.807) is 6.07 Å². The van der Waals surface area contributed by atoms with E-state index in [4.69, 9.17) is 4.74 Å². The zero-order chi connectivity index (χ0) is 21.1. The molecule has 4 rings (SSSR count). The summed E-state index contributed by atoms with van der Waals surface area (Å²) in [5.41, 5.74) is 2.79. The summed E-state index contributed by atoms with van der Waals surface area (Å²) in [4.78, 5) is 27.8. The Morgan fingerprint density at radius 1 is 1.03 bits per heavy atom. The van der Waals surface area contributed by atoms with E-state index in [1.807, 2.05) is 48.2 Å². The van der Waals surface area contributed by atoms with Crippen molar-refractivity contribution in [1.29, 1.82) is 0 Å². The van der Waals surface area contributed by atoms with Crippen molar-refractivity contribution in [1.82, 2.24) is 4.90 Å². The molecule has 2 aliphatic rings. The molecular formula is C25H30N2O3. The van der Waals surface area contributed by atoms with Gasteiger partial charge in [0.2, 0.25) is 0 Å². The molecule has 0 spiro atoms. The highest BCUT2D eigenvalue weighted by atomic mass is 16.5. The zero-order valence-electron chi connectivity index (χ0n) is 17.8. The normalized spacial score (nSPS) is 19.1. The van der Waals surface area contributed by atoms with Gasteiger partial charge in [0.05, 0.1) is 11.7 Å². The first kappa shape index (κ1) is 20.5. The third-order valence-corrected chi connectivity index (χ3v) is 6.26. The summed E-state index contributed by atoms with van der Waals surface area (Å²) in [7, 11) is 0. The summed E-state index contributed by atoms with van der Waals surface area (Å²) in [6.07, 6.45) is 6.77. The van der Waals surface area contributed by atoms with Gasteiger partial charge in [-0.15, -0.1) is 0 Å². The SMILES string of the molecule is Cc1cc(C(=O)N2CCCCC2C)ccc1NC(=O)c1ccccc1OC1CCC1. The minimum atomic E-state index is -0.197. The van der Waals surface area contributed by atoms with E-state index in [9.17, 15) is 9.59 Å². The number of piperidine rings is 1. The van der Waals surface area contributed by atoms with E-state index >= 15 is 0 Å². The molecule has 0 bridgehead atoms. The molecule has 2 aromatic rings. The van der Waals surface area contributed by atoms with Gasteiger partial charge in [-0.25, -0.2) is 0 Å². The number of nitrogens with one attached hydrogen (secondary N) is 1. The second-order valence-corrected chi connectivity index (χ2v) is 8.49. The number of benzene rings is 2. The number of anilines is 1. The third-order valence-electron chi connectivity index (χ3n) is 6.26. The molecule has 1 saturated heterocycles. The molecule has 0 aromatic heterocycles. The topological polar surface area (TPSA) is 58.6 Å². The first-order chi connectivity index (χ1) is 14.5. The molecule has 30 heavy (non-hydrogen) atoms. The van der Waals surface area contributed by atoms with E-state index in [2.05, 4.69) is 12.2 Å². The van der Waals surface area contributed by atoms with Gasteiger partial charge in [0.1, 0.15) is 5.75 Å². The number of amides is 2. The minimum Gasteiger partial charge on any atom is -0.490 e. The third kappa shape index (κ3) is 4.35. The molecule has 0 radical (unpaired) electrons. The predicted molar refractivity (Wildman–Crippen MR) is 118 cm³/mol. The second-order valence-electron chi connectivity index (χ2n) is 8.49. The average molecular weight is 407 g/mol. The van der Waals surface area contributed by atoms with Gasteiger partial charge in [-0.1, -0.05) is 12.1 Å². The van der Waals surface area contributed by atoms with Gasteiger partial charge in [-0.05, 0) is 88.3 Å². The number of carbonyl (C=O) groups is 2. The lowest BCUT2D eigenvalue weighted by Gasteiger charge is -2.33. The van der Waals surface area contributed by atoms with E-state index < -0.39 is 0 Å². The van der Waals surface area contributed by atoms with Crippen LogP contribution in [0.4, 0.5) is 5.69 Å². The Hall–Kier alpha value is -2.82. The van der Waals surface area contributed by atoms with Crippen molar-refractivity contribution in [3.05, 3.63) is 59.2 Å². The lowest BCUT2D eigenvalue weighted by molar-refractivity contribution is 0.0635. The molecular weight excluding hydrogens is 376 g/mol. The molecule has 1 aliphatic heterocycles. The Morgan fingerprint density at radius 3 is 2.53 bits per heavy atom. The van der Waals surface area contributed by atoms with Crippen molar-refractivity contribution in [3.63, 3.8) is 0 Å². The Bertz CT molecular complexity index is 936. The highest BCUT2D eigenvalue weighted by molar-refractivity contribution is 6.07. The van der Waals surface area contributed by atoms with Gasteiger partial charge in [-0.3, -0.25) is 9.59 Å². The Labute approximate surface area is 178 Å². The Kier molecular flexibility index (Phi) is 6.07. The summed E-state index contributed by atoms with van der Waals surface area (Å²) < 4.78 is 5.99. The maximum absolute atomic E-state index is 12.9. The van der Waals surface area contributed by atoms with E-state index in [1.165, 1.54) is 12.8 Å². The van der Waals surface area contributed by atoms with Gasteiger partial charge >= 0.3 is 0 Å². The molecule has 1 atom stereocenters. The highest BCUT2D eigenvalue weighted by Gasteiger charge is 2.25. The molecule has 2 fully saturated rings. The average Bonchev–Trinajstić information content (AvgIpc) is 2.72. The number of nitrogens with zero attached hydrogens (tertiary/aromatic N) is 1. The van der Waals surface area contributed by atoms with Gasteiger partial charge in [0.15, 0.2) is 0 Å². The first-order valence-corrected chi connectivity index (χ1v) is 11.0. The maximum Gasteiger partial charge on any atom is 0.259 e. The summed E-state index contributed by atoms with van der Waals surface area (Å²) in [5.74, 6) is 0.502. The molecule has 2 aromatic carbocycles. The maximum atomic E-state index is 12.9. The van der Waals surface area contributed by atoms with Crippen molar-refractivity contribution in [3.8, 4) is 5.75 Å². The molecule has 158 valence electrons. The van der Waals surface area contributed by atoms with Crippen LogP contribution in [-0.4, -0.2) is 35.4 Å². The molecule has 5 nitrogen and oxygen atoms in total. The van der Waals surface area contributed by atoms with Gasteiger partial charge < -0.3 is 15.0 Å². The molecule has 1 saturated carbocycles. The fraction of sp³-hybridized carbons (Fsp3) is 0.440. The number of aryl methyl sites for hydroxylation is 1. The van der Waals surface area contributed by atoms with Crippen LogP contribution in [0.1, 0.15) is 71.7 Å². The minimum absolute atomic E-state index is 0.0717. The number of likely N-dealkylation sites (tertiary alicyclic amines) is 1. The molecule has 1 unspecified atom stereocenters. The number of rotatable bonds is 5. The Balaban J connectivity index is 1.47. The van der Waals surface area contributed by atoms with Crippen molar-refractivity contribution < 1.29 is 14.3 Å². The fourth-order valence-electron chi connectivity index (χ4n) is 4.12.